The Balaban J connectivity index is 1.56. The number of anilines is 1. The van der Waals surface area contributed by atoms with E-state index in [4.69, 9.17) is 14.7 Å². The topological polar surface area (TPSA) is 41.5 Å². The van der Waals surface area contributed by atoms with E-state index in [1.807, 2.05) is 11.3 Å². The number of morpholine rings is 1. The van der Waals surface area contributed by atoms with E-state index in [0.29, 0.717) is 0 Å². The van der Waals surface area contributed by atoms with E-state index in [0.717, 1.165) is 51.8 Å². The van der Waals surface area contributed by atoms with Gasteiger partial charge in [0.25, 0.3) is 0 Å². The third kappa shape index (κ3) is 2.61. The van der Waals surface area contributed by atoms with Gasteiger partial charge in [0, 0.05) is 31.1 Å². The number of hydrogen-bond acceptors (Lipinski definition) is 6. The third-order valence-electron chi connectivity index (χ3n) is 5.47. The number of thiophene rings is 1. The molecule has 0 N–H and O–H groups in total. The van der Waals surface area contributed by atoms with Crippen molar-refractivity contribution in [3.05, 3.63) is 16.3 Å². The van der Waals surface area contributed by atoms with Crippen LogP contribution in [-0.2, 0) is 24.1 Å². The fourth-order valence-corrected chi connectivity index (χ4v) is 5.48. The van der Waals surface area contributed by atoms with Crippen LogP contribution in [0.4, 0.5) is 5.82 Å². The molecule has 0 amide bonds. The molecule has 6 heteroatoms. The van der Waals surface area contributed by atoms with Gasteiger partial charge in [0.1, 0.15) is 16.5 Å². The van der Waals surface area contributed by atoms with Gasteiger partial charge in [-0.15, -0.1) is 11.3 Å². The Kier molecular flexibility index (Phi) is 3.91. The van der Waals surface area contributed by atoms with Crippen LogP contribution < -0.4 is 4.90 Å². The number of rotatable bonds is 3. The minimum Gasteiger partial charge on any atom is -0.379 e. The highest BCUT2D eigenvalue weighted by Gasteiger charge is 2.26. The van der Waals surface area contributed by atoms with Crippen molar-refractivity contribution < 1.29 is 4.74 Å². The number of nitrogens with zero attached hydrogens (tertiary/aromatic N) is 4. The summed E-state index contributed by atoms with van der Waals surface area (Å²) in [6.07, 6.45) is 6.32. The van der Waals surface area contributed by atoms with Crippen molar-refractivity contribution in [1.29, 1.82) is 0 Å². The van der Waals surface area contributed by atoms with E-state index < -0.39 is 0 Å². The Hall–Kier alpha value is -1.24. The summed E-state index contributed by atoms with van der Waals surface area (Å²) in [4.78, 5) is 17.7. The molecule has 0 spiro atoms. The van der Waals surface area contributed by atoms with Gasteiger partial charge in [-0.2, -0.15) is 0 Å². The van der Waals surface area contributed by atoms with Crippen molar-refractivity contribution in [2.75, 3.05) is 44.3 Å². The van der Waals surface area contributed by atoms with Crippen LogP contribution in [0.1, 0.15) is 35.5 Å². The smallest absolute Gasteiger partial charge is 0.146 e. The monoisotopic (exact) mass is 344 g/mol. The van der Waals surface area contributed by atoms with Crippen LogP contribution in [0.25, 0.3) is 10.2 Å². The number of fused-ring (bicyclic) bond motifs is 3. The van der Waals surface area contributed by atoms with Crippen LogP contribution in [0.15, 0.2) is 0 Å². The summed E-state index contributed by atoms with van der Waals surface area (Å²) in [6, 6.07) is 0. The normalized spacial score (nSPS) is 21.8. The number of aromatic nitrogens is 2. The van der Waals surface area contributed by atoms with Crippen LogP contribution >= 0.6 is 11.3 Å². The van der Waals surface area contributed by atoms with Gasteiger partial charge >= 0.3 is 0 Å². The molecule has 128 valence electrons. The van der Waals surface area contributed by atoms with Gasteiger partial charge < -0.3 is 9.64 Å². The van der Waals surface area contributed by atoms with Crippen molar-refractivity contribution in [2.45, 2.75) is 38.6 Å². The molecule has 24 heavy (non-hydrogen) atoms. The largest absolute Gasteiger partial charge is 0.379 e. The van der Waals surface area contributed by atoms with Gasteiger partial charge in [0.15, 0.2) is 0 Å². The van der Waals surface area contributed by atoms with Crippen molar-refractivity contribution >= 4 is 27.4 Å². The molecule has 0 saturated carbocycles. The van der Waals surface area contributed by atoms with Gasteiger partial charge in [-0.3, -0.25) is 4.90 Å². The standard InChI is InChI=1S/C18H24N4OS/c1-2-7-22(6-1)17-16-13-4-3-5-14(13)24-18(16)20-15(19-17)12-21-8-10-23-11-9-21/h1-12H2. The molecule has 3 aliphatic rings. The zero-order valence-corrected chi connectivity index (χ0v) is 14.9. The molecule has 0 bridgehead atoms. The average molecular weight is 344 g/mol. The highest BCUT2D eigenvalue weighted by atomic mass is 32.1. The summed E-state index contributed by atoms with van der Waals surface area (Å²) in [5.41, 5.74) is 1.55. The first-order valence-electron chi connectivity index (χ1n) is 9.25. The second-order valence-electron chi connectivity index (χ2n) is 7.08. The average Bonchev–Trinajstić information content (AvgIpc) is 3.32. The summed E-state index contributed by atoms with van der Waals surface area (Å²) < 4.78 is 5.47. The first kappa shape index (κ1) is 15.0. The molecule has 2 aliphatic heterocycles. The first-order chi connectivity index (χ1) is 11.9. The Morgan fingerprint density at radius 3 is 2.62 bits per heavy atom. The van der Waals surface area contributed by atoms with Gasteiger partial charge in [0.2, 0.25) is 0 Å². The molecular formula is C18H24N4OS. The Morgan fingerprint density at radius 2 is 1.79 bits per heavy atom. The molecule has 0 atom stereocenters. The summed E-state index contributed by atoms with van der Waals surface area (Å²) in [5.74, 6) is 2.21. The predicted molar refractivity (Wildman–Crippen MR) is 97.0 cm³/mol. The number of ether oxygens (including phenoxy) is 1. The molecule has 0 unspecified atom stereocenters. The lowest BCUT2D eigenvalue weighted by Gasteiger charge is -2.26. The van der Waals surface area contributed by atoms with E-state index in [2.05, 4.69) is 9.80 Å². The molecule has 2 aromatic rings. The highest BCUT2D eigenvalue weighted by Crippen LogP contribution is 2.41. The maximum Gasteiger partial charge on any atom is 0.146 e. The SMILES string of the molecule is C1Cc2sc3nc(CN4CCOCC4)nc(N4CCCC4)c3c2C1. The van der Waals surface area contributed by atoms with Crippen LogP contribution in [0.3, 0.4) is 0 Å². The van der Waals surface area contributed by atoms with Crippen molar-refractivity contribution in [3.63, 3.8) is 0 Å². The van der Waals surface area contributed by atoms with Crippen molar-refractivity contribution in [2.24, 2.45) is 0 Å². The maximum absolute atomic E-state index is 5.47. The zero-order valence-electron chi connectivity index (χ0n) is 14.1. The number of hydrogen-bond donors (Lipinski definition) is 0. The van der Waals surface area contributed by atoms with Gasteiger partial charge in [0.05, 0.1) is 25.1 Å². The van der Waals surface area contributed by atoms with E-state index in [9.17, 15) is 0 Å². The lowest BCUT2D eigenvalue weighted by Crippen LogP contribution is -2.36. The summed E-state index contributed by atoms with van der Waals surface area (Å²) >= 11 is 1.91. The Morgan fingerprint density at radius 1 is 0.958 bits per heavy atom. The van der Waals surface area contributed by atoms with E-state index in [-0.39, 0.29) is 0 Å². The minimum absolute atomic E-state index is 0.828. The third-order valence-corrected chi connectivity index (χ3v) is 6.65. The molecule has 2 saturated heterocycles. The van der Waals surface area contributed by atoms with Crippen LogP contribution in [-0.4, -0.2) is 54.3 Å². The molecule has 1 aliphatic carbocycles. The van der Waals surface area contributed by atoms with Crippen molar-refractivity contribution in [1.82, 2.24) is 14.9 Å². The molecule has 5 nitrogen and oxygen atoms in total. The Bertz CT molecular complexity index is 747. The predicted octanol–water partition coefficient (Wildman–Crippen LogP) is 2.61. The van der Waals surface area contributed by atoms with E-state index in [1.54, 1.807) is 10.4 Å². The fraction of sp³-hybridized carbons (Fsp3) is 0.667. The summed E-state index contributed by atoms with van der Waals surface area (Å²) in [6.45, 7) is 6.77. The summed E-state index contributed by atoms with van der Waals surface area (Å²) in [5, 5.41) is 1.38. The van der Waals surface area contributed by atoms with Crippen LogP contribution in [0, 0.1) is 0 Å². The fourth-order valence-electron chi connectivity index (χ4n) is 4.21. The van der Waals surface area contributed by atoms with Crippen LogP contribution in [0.5, 0.6) is 0 Å². The second-order valence-corrected chi connectivity index (χ2v) is 8.17. The van der Waals surface area contributed by atoms with Gasteiger partial charge in [-0.25, -0.2) is 9.97 Å². The van der Waals surface area contributed by atoms with Gasteiger partial charge in [-0.1, -0.05) is 0 Å². The highest BCUT2D eigenvalue weighted by molar-refractivity contribution is 7.19. The molecule has 5 rings (SSSR count). The number of aryl methyl sites for hydroxylation is 2. The summed E-state index contributed by atoms with van der Waals surface area (Å²) in [7, 11) is 0. The van der Waals surface area contributed by atoms with Gasteiger partial charge in [-0.05, 0) is 37.7 Å². The molecule has 2 fully saturated rings. The molecule has 2 aromatic heterocycles. The molecule has 4 heterocycles. The lowest BCUT2D eigenvalue weighted by molar-refractivity contribution is 0.0331. The first-order valence-corrected chi connectivity index (χ1v) is 10.1. The zero-order chi connectivity index (χ0) is 15.9. The Labute approximate surface area is 146 Å². The molecule has 0 aromatic carbocycles. The molecule has 0 radical (unpaired) electrons. The van der Waals surface area contributed by atoms with E-state index >= 15 is 0 Å². The molecular weight excluding hydrogens is 320 g/mol. The maximum atomic E-state index is 5.47. The minimum atomic E-state index is 0.828. The van der Waals surface area contributed by atoms with E-state index in [1.165, 1.54) is 48.1 Å². The van der Waals surface area contributed by atoms with Crippen LogP contribution in [0.2, 0.25) is 0 Å². The van der Waals surface area contributed by atoms with Crippen molar-refractivity contribution in [3.8, 4) is 0 Å². The quantitative estimate of drug-likeness (QED) is 0.856. The lowest BCUT2D eigenvalue weighted by atomic mass is 10.2. The second kappa shape index (κ2) is 6.24.